The molecular formula is C19H19NO2. The number of fused-ring (bicyclic) bond motifs is 3. The molecule has 3 rings (SSSR count). The molecule has 0 saturated heterocycles. The molecule has 2 aromatic carbocycles. The zero-order valence-corrected chi connectivity index (χ0v) is 13.1. The first kappa shape index (κ1) is 14.5. The first-order valence-electron chi connectivity index (χ1n) is 7.60. The highest BCUT2D eigenvalue weighted by molar-refractivity contribution is 6.22. The lowest BCUT2D eigenvalue weighted by Gasteiger charge is -2.24. The van der Waals surface area contributed by atoms with E-state index in [2.05, 4.69) is 6.92 Å². The summed E-state index contributed by atoms with van der Waals surface area (Å²) in [6, 6.07) is 13.2. The lowest BCUT2D eigenvalue weighted by Crippen LogP contribution is -2.34. The van der Waals surface area contributed by atoms with Crippen molar-refractivity contribution >= 4 is 11.7 Å². The Hall–Kier alpha value is -2.42. The molecule has 22 heavy (non-hydrogen) atoms. The molecule has 1 aliphatic rings. The Kier molecular flexibility index (Phi) is 3.57. The van der Waals surface area contributed by atoms with Gasteiger partial charge in [-0.1, -0.05) is 37.3 Å². The molecule has 3 nitrogen and oxygen atoms in total. The molecule has 1 amide bonds. The predicted octanol–water partition coefficient (Wildman–Crippen LogP) is 3.77. The second-order valence-corrected chi connectivity index (χ2v) is 5.81. The van der Waals surface area contributed by atoms with Gasteiger partial charge >= 0.3 is 0 Å². The molecule has 0 saturated carbocycles. The van der Waals surface area contributed by atoms with E-state index in [1.54, 1.807) is 18.0 Å². The number of rotatable bonds is 3. The molecule has 112 valence electrons. The van der Waals surface area contributed by atoms with Crippen molar-refractivity contribution in [3.05, 3.63) is 59.2 Å². The smallest absolute Gasteiger partial charge is 0.253 e. The molecule has 1 unspecified atom stereocenters. The van der Waals surface area contributed by atoms with Crippen LogP contribution in [0.2, 0.25) is 0 Å². The summed E-state index contributed by atoms with van der Waals surface area (Å²) < 4.78 is 0. The van der Waals surface area contributed by atoms with E-state index >= 15 is 0 Å². The number of carbonyl (C=O) groups excluding carboxylic acids is 2. The number of benzene rings is 2. The molecular weight excluding hydrogens is 274 g/mol. The molecule has 0 fully saturated rings. The van der Waals surface area contributed by atoms with Crippen LogP contribution in [0, 0.1) is 0 Å². The SMILES string of the molecule is CCC(C)N(C)C(=O)c1ccc2c(c1)C(=O)c1ccccc1-2. The van der Waals surface area contributed by atoms with E-state index in [-0.39, 0.29) is 17.7 Å². The Balaban J connectivity index is 2.00. The van der Waals surface area contributed by atoms with Gasteiger partial charge in [0.15, 0.2) is 5.78 Å². The summed E-state index contributed by atoms with van der Waals surface area (Å²) in [5, 5.41) is 0. The standard InChI is InChI=1S/C19H19NO2/c1-4-12(2)20(3)19(22)13-9-10-15-14-7-5-6-8-16(14)18(21)17(15)11-13/h5-12H,4H2,1-3H3. The number of hydrogen-bond acceptors (Lipinski definition) is 2. The molecule has 3 heteroatoms. The van der Waals surface area contributed by atoms with Crippen LogP contribution in [0.5, 0.6) is 0 Å². The first-order valence-corrected chi connectivity index (χ1v) is 7.60. The maximum absolute atomic E-state index is 12.5. The second kappa shape index (κ2) is 5.41. The summed E-state index contributed by atoms with van der Waals surface area (Å²) >= 11 is 0. The van der Waals surface area contributed by atoms with Crippen molar-refractivity contribution in [2.24, 2.45) is 0 Å². The van der Waals surface area contributed by atoms with E-state index in [0.29, 0.717) is 11.1 Å². The maximum Gasteiger partial charge on any atom is 0.253 e. The van der Waals surface area contributed by atoms with Crippen LogP contribution >= 0.6 is 0 Å². The minimum Gasteiger partial charge on any atom is -0.339 e. The number of carbonyl (C=O) groups is 2. The topological polar surface area (TPSA) is 37.4 Å². The molecule has 0 aliphatic heterocycles. The van der Waals surface area contributed by atoms with Gasteiger partial charge in [-0.3, -0.25) is 9.59 Å². The van der Waals surface area contributed by atoms with E-state index < -0.39 is 0 Å². The van der Waals surface area contributed by atoms with E-state index in [9.17, 15) is 9.59 Å². The van der Waals surface area contributed by atoms with Gasteiger partial charge in [-0.05, 0) is 36.6 Å². The van der Waals surface area contributed by atoms with Gasteiger partial charge in [0, 0.05) is 29.8 Å². The molecule has 1 atom stereocenters. The summed E-state index contributed by atoms with van der Waals surface area (Å²) in [6.45, 7) is 4.07. The average Bonchev–Trinajstić information content (AvgIpc) is 2.85. The highest BCUT2D eigenvalue weighted by atomic mass is 16.2. The van der Waals surface area contributed by atoms with Crippen LogP contribution in [0.4, 0.5) is 0 Å². The fraction of sp³-hybridized carbons (Fsp3) is 0.263. The number of hydrogen-bond donors (Lipinski definition) is 0. The monoisotopic (exact) mass is 293 g/mol. The summed E-state index contributed by atoms with van der Waals surface area (Å²) in [7, 11) is 1.81. The quantitative estimate of drug-likeness (QED) is 0.737. The number of amides is 1. The minimum absolute atomic E-state index is 0.00597. The number of ketones is 1. The van der Waals surface area contributed by atoms with Crippen molar-refractivity contribution in [1.29, 1.82) is 0 Å². The lowest BCUT2D eigenvalue weighted by molar-refractivity contribution is 0.0740. The van der Waals surface area contributed by atoms with E-state index in [1.807, 2.05) is 43.3 Å². The third kappa shape index (κ3) is 2.13. The van der Waals surface area contributed by atoms with Crippen molar-refractivity contribution in [3.63, 3.8) is 0 Å². The van der Waals surface area contributed by atoms with Crippen molar-refractivity contribution in [3.8, 4) is 11.1 Å². The summed E-state index contributed by atoms with van der Waals surface area (Å²) in [5.74, 6) is -0.0349. The van der Waals surface area contributed by atoms with Crippen LogP contribution in [0.25, 0.3) is 11.1 Å². The fourth-order valence-corrected chi connectivity index (χ4v) is 2.84. The maximum atomic E-state index is 12.5. The van der Waals surface area contributed by atoms with Crippen LogP contribution < -0.4 is 0 Å². The van der Waals surface area contributed by atoms with Gasteiger partial charge in [-0.15, -0.1) is 0 Å². The molecule has 0 aromatic heterocycles. The van der Waals surface area contributed by atoms with Gasteiger partial charge in [0.1, 0.15) is 0 Å². The zero-order chi connectivity index (χ0) is 15.9. The molecule has 0 radical (unpaired) electrons. The van der Waals surface area contributed by atoms with Crippen LogP contribution in [-0.4, -0.2) is 29.7 Å². The average molecular weight is 293 g/mol. The van der Waals surface area contributed by atoms with Crippen molar-refractivity contribution in [1.82, 2.24) is 4.90 Å². The zero-order valence-electron chi connectivity index (χ0n) is 13.1. The van der Waals surface area contributed by atoms with E-state index in [0.717, 1.165) is 23.1 Å². The predicted molar refractivity (Wildman–Crippen MR) is 87.2 cm³/mol. The highest BCUT2D eigenvalue weighted by Crippen LogP contribution is 2.36. The molecule has 1 aliphatic carbocycles. The Bertz CT molecular complexity index is 764. The van der Waals surface area contributed by atoms with Gasteiger partial charge in [0.05, 0.1) is 0 Å². The lowest BCUT2D eigenvalue weighted by atomic mass is 10.0. The Labute approximate surface area is 130 Å². The van der Waals surface area contributed by atoms with Crippen molar-refractivity contribution in [2.75, 3.05) is 7.05 Å². The summed E-state index contributed by atoms with van der Waals surface area (Å²) in [6.07, 6.45) is 0.900. The van der Waals surface area contributed by atoms with Crippen LogP contribution in [0.3, 0.4) is 0 Å². The van der Waals surface area contributed by atoms with Gasteiger partial charge < -0.3 is 4.90 Å². The number of nitrogens with zero attached hydrogens (tertiary/aromatic N) is 1. The largest absolute Gasteiger partial charge is 0.339 e. The Morgan fingerprint density at radius 2 is 1.68 bits per heavy atom. The highest BCUT2D eigenvalue weighted by Gasteiger charge is 2.27. The Morgan fingerprint density at radius 1 is 1.05 bits per heavy atom. The molecule has 2 aromatic rings. The van der Waals surface area contributed by atoms with Gasteiger partial charge in [-0.2, -0.15) is 0 Å². The Morgan fingerprint density at radius 3 is 2.36 bits per heavy atom. The molecule has 0 bridgehead atoms. The minimum atomic E-state index is -0.0408. The van der Waals surface area contributed by atoms with Crippen molar-refractivity contribution in [2.45, 2.75) is 26.3 Å². The van der Waals surface area contributed by atoms with E-state index in [4.69, 9.17) is 0 Å². The van der Waals surface area contributed by atoms with Crippen LogP contribution in [0.15, 0.2) is 42.5 Å². The summed E-state index contributed by atoms with van der Waals surface area (Å²) in [4.78, 5) is 26.8. The van der Waals surface area contributed by atoms with Crippen LogP contribution in [-0.2, 0) is 0 Å². The third-order valence-electron chi connectivity index (χ3n) is 4.55. The van der Waals surface area contributed by atoms with Gasteiger partial charge in [-0.25, -0.2) is 0 Å². The van der Waals surface area contributed by atoms with Gasteiger partial charge in [0.2, 0.25) is 0 Å². The fourth-order valence-electron chi connectivity index (χ4n) is 2.84. The summed E-state index contributed by atoms with van der Waals surface area (Å²) in [5.41, 5.74) is 3.80. The van der Waals surface area contributed by atoms with Crippen LogP contribution in [0.1, 0.15) is 46.5 Å². The first-order chi connectivity index (χ1) is 10.5. The molecule has 0 heterocycles. The third-order valence-corrected chi connectivity index (χ3v) is 4.55. The van der Waals surface area contributed by atoms with Gasteiger partial charge in [0.25, 0.3) is 5.91 Å². The molecule has 0 N–H and O–H groups in total. The normalized spacial score (nSPS) is 13.5. The van der Waals surface area contributed by atoms with Crippen molar-refractivity contribution < 1.29 is 9.59 Å². The second-order valence-electron chi connectivity index (χ2n) is 5.81. The molecule has 0 spiro atoms. The van der Waals surface area contributed by atoms with E-state index in [1.165, 1.54) is 0 Å².